The molecule has 1 saturated heterocycles. The largest absolute Gasteiger partial charge is 0.497 e. The van der Waals surface area contributed by atoms with Gasteiger partial charge in [0.2, 0.25) is 0 Å². The molecule has 1 heterocycles. The van der Waals surface area contributed by atoms with Crippen molar-refractivity contribution in [2.45, 2.75) is 25.6 Å². The molecule has 0 aromatic heterocycles. The topological polar surface area (TPSA) is 21.7 Å². The van der Waals surface area contributed by atoms with E-state index in [4.69, 9.17) is 21.1 Å². The zero-order valence-corrected chi connectivity index (χ0v) is 14.2. The zero-order chi connectivity index (χ0) is 15.4. The van der Waals surface area contributed by atoms with Gasteiger partial charge in [0.05, 0.1) is 19.6 Å². The van der Waals surface area contributed by atoms with Crippen molar-refractivity contribution in [3.63, 3.8) is 0 Å². The summed E-state index contributed by atoms with van der Waals surface area (Å²) >= 11 is 6.67. The Bertz CT molecular complexity index is 456. The average Bonchev–Trinajstić information content (AvgIpc) is 2.45. The van der Waals surface area contributed by atoms with Crippen LogP contribution in [0.4, 0.5) is 0 Å². The first-order chi connectivity index (χ1) is 10.0. The molecule has 1 fully saturated rings. The molecular formula is C17H26ClNO2. The van der Waals surface area contributed by atoms with E-state index < -0.39 is 0 Å². The van der Waals surface area contributed by atoms with E-state index in [-0.39, 0.29) is 5.38 Å². The molecule has 1 aliphatic rings. The van der Waals surface area contributed by atoms with Crippen LogP contribution in [-0.4, -0.2) is 38.8 Å². The minimum atomic E-state index is -0.0902. The fourth-order valence-electron chi connectivity index (χ4n) is 3.35. The summed E-state index contributed by atoms with van der Waals surface area (Å²) in [6.45, 7) is 7.73. The third-order valence-corrected chi connectivity index (χ3v) is 4.51. The van der Waals surface area contributed by atoms with Crippen LogP contribution in [0.2, 0.25) is 0 Å². The Morgan fingerprint density at radius 2 is 1.86 bits per heavy atom. The molecule has 0 N–H and O–H groups in total. The second kappa shape index (κ2) is 7.37. The second-order valence-corrected chi connectivity index (χ2v) is 6.77. The molecule has 1 aliphatic heterocycles. The van der Waals surface area contributed by atoms with Crippen LogP contribution in [-0.2, 0) is 0 Å². The zero-order valence-electron chi connectivity index (χ0n) is 13.4. The van der Waals surface area contributed by atoms with E-state index in [0.717, 1.165) is 48.5 Å². The van der Waals surface area contributed by atoms with Crippen molar-refractivity contribution >= 4 is 11.6 Å². The lowest BCUT2D eigenvalue weighted by molar-refractivity contribution is 0.141. The van der Waals surface area contributed by atoms with E-state index in [9.17, 15) is 0 Å². The quantitative estimate of drug-likeness (QED) is 0.768. The molecule has 2 rings (SSSR count). The monoisotopic (exact) mass is 311 g/mol. The molecule has 0 aliphatic carbocycles. The number of piperidine rings is 1. The van der Waals surface area contributed by atoms with Crippen LogP contribution in [0.15, 0.2) is 18.2 Å². The Balaban J connectivity index is 2.10. The fraction of sp³-hybridized carbons (Fsp3) is 0.647. The van der Waals surface area contributed by atoms with Gasteiger partial charge in [0.25, 0.3) is 0 Å². The first kappa shape index (κ1) is 16.4. The van der Waals surface area contributed by atoms with E-state index in [1.54, 1.807) is 14.2 Å². The van der Waals surface area contributed by atoms with E-state index in [1.165, 1.54) is 6.42 Å². The molecule has 0 radical (unpaired) electrons. The molecular weight excluding hydrogens is 286 g/mol. The first-order valence-electron chi connectivity index (χ1n) is 7.61. The van der Waals surface area contributed by atoms with Gasteiger partial charge in [-0.1, -0.05) is 13.8 Å². The van der Waals surface area contributed by atoms with Gasteiger partial charge < -0.3 is 14.4 Å². The molecule has 3 nitrogen and oxygen atoms in total. The smallest absolute Gasteiger partial charge is 0.123 e. The van der Waals surface area contributed by atoms with Crippen molar-refractivity contribution in [3.8, 4) is 11.5 Å². The van der Waals surface area contributed by atoms with Gasteiger partial charge in [0.15, 0.2) is 0 Å². The first-order valence-corrected chi connectivity index (χ1v) is 8.05. The molecule has 4 heteroatoms. The van der Waals surface area contributed by atoms with Crippen LogP contribution in [0.25, 0.3) is 0 Å². The van der Waals surface area contributed by atoms with Crippen molar-refractivity contribution < 1.29 is 9.47 Å². The molecule has 118 valence electrons. The van der Waals surface area contributed by atoms with Crippen LogP contribution in [0.3, 0.4) is 0 Å². The molecule has 3 atom stereocenters. The number of alkyl halides is 1. The molecule has 21 heavy (non-hydrogen) atoms. The minimum Gasteiger partial charge on any atom is -0.497 e. The van der Waals surface area contributed by atoms with Crippen molar-refractivity contribution in [3.05, 3.63) is 23.8 Å². The van der Waals surface area contributed by atoms with Crippen molar-refractivity contribution in [2.75, 3.05) is 33.9 Å². The molecule has 0 saturated carbocycles. The highest BCUT2D eigenvalue weighted by molar-refractivity contribution is 6.21. The number of methoxy groups -OCH3 is 2. The second-order valence-electron chi connectivity index (χ2n) is 6.24. The van der Waals surface area contributed by atoms with Crippen LogP contribution >= 0.6 is 11.6 Å². The van der Waals surface area contributed by atoms with Crippen LogP contribution < -0.4 is 9.47 Å². The standard InChI is InChI=1S/C17H26ClNO2/c1-12-7-13(2)10-19(9-12)11-16(18)15-8-14(20-3)5-6-17(15)21-4/h5-6,8,12-13,16H,7,9-11H2,1-4H3. The third kappa shape index (κ3) is 4.27. The summed E-state index contributed by atoms with van der Waals surface area (Å²) in [5.41, 5.74) is 1.00. The van der Waals surface area contributed by atoms with Crippen LogP contribution in [0.5, 0.6) is 11.5 Å². The number of likely N-dealkylation sites (tertiary alicyclic amines) is 1. The Morgan fingerprint density at radius 3 is 2.43 bits per heavy atom. The maximum Gasteiger partial charge on any atom is 0.123 e. The Hall–Kier alpha value is -0.930. The number of rotatable bonds is 5. The summed E-state index contributed by atoms with van der Waals surface area (Å²) in [6.07, 6.45) is 1.31. The summed E-state index contributed by atoms with van der Waals surface area (Å²) in [5, 5.41) is -0.0902. The summed E-state index contributed by atoms with van der Waals surface area (Å²) in [4.78, 5) is 2.47. The van der Waals surface area contributed by atoms with Gasteiger partial charge in [-0.25, -0.2) is 0 Å². The molecule has 1 aromatic rings. The van der Waals surface area contributed by atoms with Gasteiger partial charge in [-0.15, -0.1) is 11.6 Å². The highest BCUT2D eigenvalue weighted by Gasteiger charge is 2.25. The summed E-state index contributed by atoms with van der Waals surface area (Å²) in [7, 11) is 3.35. The van der Waals surface area contributed by atoms with Crippen molar-refractivity contribution in [1.82, 2.24) is 4.90 Å². The van der Waals surface area contributed by atoms with Gasteiger partial charge in [0, 0.05) is 25.2 Å². The lowest BCUT2D eigenvalue weighted by atomic mass is 9.91. The molecule has 3 unspecified atom stereocenters. The van der Waals surface area contributed by atoms with Crippen molar-refractivity contribution in [2.24, 2.45) is 11.8 Å². The van der Waals surface area contributed by atoms with E-state index in [2.05, 4.69) is 18.7 Å². The van der Waals surface area contributed by atoms with Gasteiger partial charge in [-0.05, 0) is 36.5 Å². The van der Waals surface area contributed by atoms with Crippen molar-refractivity contribution in [1.29, 1.82) is 0 Å². The number of hydrogen-bond donors (Lipinski definition) is 0. The minimum absolute atomic E-state index is 0.0902. The molecule has 0 amide bonds. The highest BCUT2D eigenvalue weighted by atomic mass is 35.5. The number of hydrogen-bond acceptors (Lipinski definition) is 3. The van der Waals surface area contributed by atoms with E-state index in [1.807, 2.05) is 18.2 Å². The lowest BCUT2D eigenvalue weighted by Gasteiger charge is -2.36. The van der Waals surface area contributed by atoms with Gasteiger partial charge in [-0.2, -0.15) is 0 Å². The SMILES string of the molecule is COc1ccc(OC)c(C(Cl)CN2CC(C)CC(C)C2)c1. The highest BCUT2D eigenvalue weighted by Crippen LogP contribution is 2.34. The lowest BCUT2D eigenvalue weighted by Crippen LogP contribution is -2.40. The summed E-state index contributed by atoms with van der Waals surface area (Å²) < 4.78 is 10.7. The summed E-state index contributed by atoms with van der Waals surface area (Å²) in [5.74, 6) is 3.13. The Labute approximate surface area is 133 Å². The summed E-state index contributed by atoms with van der Waals surface area (Å²) in [6, 6.07) is 5.80. The van der Waals surface area contributed by atoms with Gasteiger partial charge in [-0.3, -0.25) is 0 Å². The molecule has 0 bridgehead atoms. The normalized spacial score (nSPS) is 24.6. The van der Waals surface area contributed by atoms with Crippen LogP contribution in [0, 0.1) is 11.8 Å². The number of benzene rings is 1. The van der Waals surface area contributed by atoms with E-state index >= 15 is 0 Å². The fourth-order valence-corrected chi connectivity index (χ4v) is 3.72. The van der Waals surface area contributed by atoms with Gasteiger partial charge >= 0.3 is 0 Å². The predicted molar refractivity (Wildman–Crippen MR) is 87.5 cm³/mol. The predicted octanol–water partition coefficient (Wildman–Crippen LogP) is 3.96. The molecule has 0 spiro atoms. The number of halogens is 1. The Kier molecular flexibility index (Phi) is 5.77. The van der Waals surface area contributed by atoms with E-state index in [0.29, 0.717) is 0 Å². The third-order valence-electron chi connectivity index (χ3n) is 4.14. The maximum atomic E-state index is 6.67. The maximum absolute atomic E-state index is 6.67. The van der Waals surface area contributed by atoms with Gasteiger partial charge in [0.1, 0.15) is 11.5 Å². The van der Waals surface area contributed by atoms with Crippen LogP contribution in [0.1, 0.15) is 31.2 Å². The number of ether oxygens (including phenoxy) is 2. The number of nitrogens with zero attached hydrogens (tertiary/aromatic N) is 1. The molecule has 1 aromatic carbocycles. The Morgan fingerprint density at radius 1 is 1.19 bits per heavy atom. The average molecular weight is 312 g/mol.